The molecule has 9 heteroatoms. The van der Waals surface area contributed by atoms with Crippen molar-refractivity contribution in [2.45, 2.75) is 11.4 Å². The summed E-state index contributed by atoms with van der Waals surface area (Å²) in [6.07, 6.45) is 5.44. The van der Waals surface area contributed by atoms with E-state index in [0.29, 0.717) is 16.3 Å². The van der Waals surface area contributed by atoms with Crippen molar-refractivity contribution >= 4 is 37.3 Å². The summed E-state index contributed by atoms with van der Waals surface area (Å²) in [5.41, 5.74) is 0.790. The van der Waals surface area contributed by atoms with Crippen LogP contribution in [0.2, 0.25) is 0 Å². The lowest BCUT2D eigenvalue weighted by Gasteiger charge is -2.04. The molecule has 0 aliphatic rings. The first kappa shape index (κ1) is 20.6. The lowest BCUT2D eigenvalue weighted by atomic mass is 10.3. The Labute approximate surface area is 172 Å². The number of benzene rings is 2. The lowest BCUT2D eigenvalue weighted by molar-refractivity contribution is -0.115. The van der Waals surface area contributed by atoms with Crippen LogP contribution in [0, 0.1) is 12.3 Å². The molecule has 0 saturated carbocycles. The molecule has 1 heterocycles. The molecule has 0 bridgehead atoms. The molecule has 0 aliphatic heterocycles. The molecule has 0 fully saturated rings. The van der Waals surface area contributed by atoms with Crippen LogP contribution in [0.15, 0.2) is 52.4 Å². The number of carbonyl (C=O) groups excluding carboxylic acids is 1. The van der Waals surface area contributed by atoms with Crippen LogP contribution in [0.1, 0.15) is 0 Å². The minimum Gasteiger partial charge on any atom is -0.497 e. The van der Waals surface area contributed by atoms with Gasteiger partial charge >= 0.3 is 0 Å². The molecule has 7 nitrogen and oxygen atoms in total. The number of sulfone groups is 1. The Kier molecular flexibility index (Phi) is 6.06. The van der Waals surface area contributed by atoms with Crippen molar-refractivity contribution < 1.29 is 22.7 Å². The first-order chi connectivity index (χ1) is 13.9. The summed E-state index contributed by atoms with van der Waals surface area (Å²) in [5.74, 6) is 2.19. The number of carbonyl (C=O) groups is 1. The molecule has 150 valence electrons. The Hall–Kier alpha value is -3.09. The van der Waals surface area contributed by atoms with Gasteiger partial charge in [-0.3, -0.25) is 4.79 Å². The van der Waals surface area contributed by atoms with E-state index in [1.807, 2.05) is 12.1 Å². The zero-order valence-corrected chi connectivity index (χ0v) is 17.4. The van der Waals surface area contributed by atoms with Crippen molar-refractivity contribution in [3.63, 3.8) is 0 Å². The zero-order chi connectivity index (χ0) is 21.0. The third kappa shape index (κ3) is 4.50. The maximum absolute atomic E-state index is 12.5. The van der Waals surface area contributed by atoms with E-state index in [0.717, 1.165) is 10.2 Å². The van der Waals surface area contributed by atoms with Crippen LogP contribution in [-0.2, 0) is 21.2 Å². The number of terminal acetylenes is 1. The third-order valence-corrected chi connectivity index (χ3v) is 6.75. The van der Waals surface area contributed by atoms with Gasteiger partial charge < -0.3 is 14.0 Å². The molecule has 3 rings (SSSR count). The summed E-state index contributed by atoms with van der Waals surface area (Å²) in [4.78, 5) is 16.8. The second-order valence-corrected chi connectivity index (χ2v) is 8.95. The van der Waals surface area contributed by atoms with Gasteiger partial charge in [0.1, 0.15) is 17.3 Å². The molecule has 1 amide bonds. The highest BCUT2D eigenvalue weighted by atomic mass is 32.2. The molecule has 0 N–H and O–H groups in total. The lowest BCUT2D eigenvalue weighted by Crippen LogP contribution is -2.20. The summed E-state index contributed by atoms with van der Waals surface area (Å²) in [5, 5.41) is 0. The Morgan fingerprint density at radius 2 is 1.79 bits per heavy atom. The molecule has 29 heavy (non-hydrogen) atoms. The zero-order valence-electron chi connectivity index (χ0n) is 15.8. The number of ether oxygens (including phenoxy) is 2. The van der Waals surface area contributed by atoms with Gasteiger partial charge in [0.2, 0.25) is 0 Å². The van der Waals surface area contributed by atoms with Gasteiger partial charge in [0.05, 0.1) is 35.9 Å². The largest absolute Gasteiger partial charge is 0.497 e. The van der Waals surface area contributed by atoms with Crippen molar-refractivity contribution in [1.82, 2.24) is 4.57 Å². The first-order valence-corrected chi connectivity index (χ1v) is 10.9. The highest BCUT2D eigenvalue weighted by molar-refractivity contribution is 7.92. The van der Waals surface area contributed by atoms with Gasteiger partial charge in [-0.25, -0.2) is 8.42 Å². The Morgan fingerprint density at radius 1 is 1.14 bits per heavy atom. The average molecular weight is 431 g/mol. The number of hydrogen-bond donors (Lipinski definition) is 0. The van der Waals surface area contributed by atoms with Crippen LogP contribution in [0.3, 0.4) is 0 Å². The van der Waals surface area contributed by atoms with Crippen molar-refractivity contribution in [3.05, 3.63) is 47.3 Å². The number of methoxy groups -OCH3 is 2. The van der Waals surface area contributed by atoms with Crippen LogP contribution in [0.5, 0.6) is 11.5 Å². The maximum Gasteiger partial charge on any atom is 0.263 e. The van der Waals surface area contributed by atoms with Gasteiger partial charge in [0.25, 0.3) is 5.91 Å². The van der Waals surface area contributed by atoms with E-state index in [4.69, 9.17) is 15.9 Å². The quantitative estimate of drug-likeness (QED) is 0.560. The number of aromatic nitrogens is 1. The molecular weight excluding hydrogens is 412 g/mol. The van der Waals surface area contributed by atoms with Gasteiger partial charge in [-0.1, -0.05) is 17.3 Å². The normalized spacial score (nSPS) is 12.0. The van der Waals surface area contributed by atoms with Gasteiger partial charge in [0.15, 0.2) is 14.6 Å². The standard InChI is InChI=1S/C20H18N2O5S2/c1-4-11-22-17-10-7-15(27-3)12-18(17)28-20(22)21-19(23)13-29(24,25)16-8-5-14(26-2)6-9-16/h1,5-10,12H,11,13H2,2-3H3. The van der Waals surface area contributed by atoms with E-state index in [1.165, 1.54) is 42.7 Å². The Bertz CT molecular complexity index is 1260. The molecule has 3 aromatic rings. The summed E-state index contributed by atoms with van der Waals surface area (Å²) in [6, 6.07) is 11.2. The SMILES string of the molecule is C#CCn1c(=NC(=O)CS(=O)(=O)c2ccc(OC)cc2)sc2cc(OC)ccc21. The van der Waals surface area contributed by atoms with Gasteiger partial charge in [-0.2, -0.15) is 4.99 Å². The minimum atomic E-state index is -3.83. The Morgan fingerprint density at radius 3 is 2.41 bits per heavy atom. The van der Waals surface area contributed by atoms with E-state index in [-0.39, 0.29) is 11.4 Å². The van der Waals surface area contributed by atoms with Crippen LogP contribution >= 0.6 is 11.3 Å². The van der Waals surface area contributed by atoms with Crippen LogP contribution < -0.4 is 14.3 Å². The molecule has 0 atom stereocenters. The molecule has 1 aromatic heterocycles. The fourth-order valence-corrected chi connectivity index (χ4v) is 4.86. The fourth-order valence-electron chi connectivity index (χ4n) is 2.68. The minimum absolute atomic E-state index is 0.0272. The highest BCUT2D eigenvalue weighted by Crippen LogP contribution is 2.23. The first-order valence-electron chi connectivity index (χ1n) is 8.43. The Balaban J connectivity index is 1.96. The van der Waals surface area contributed by atoms with E-state index in [2.05, 4.69) is 10.9 Å². The number of nitrogens with zero attached hydrogens (tertiary/aromatic N) is 2. The van der Waals surface area contributed by atoms with Crippen molar-refractivity contribution in [2.75, 3.05) is 20.0 Å². The van der Waals surface area contributed by atoms with E-state index < -0.39 is 21.5 Å². The predicted molar refractivity (Wildman–Crippen MR) is 111 cm³/mol. The topological polar surface area (TPSA) is 87.0 Å². The summed E-state index contributed by atoms with van der Waals surface area (Å²) >= 11 is 1.24. The van der Waals surface area contributed by atoms with Crippen LogP contribution in [0.4, 0.5) is 0 Å². The smallest absolute Gasteiger partial charge is 0.263 e. The van der Waals surface area contributed by atoms with Crippen molar-refractivity contribution in [2.24, 2.45) is 4.99 Å². The van der Waals surface area contributed by atoms with Crippen molar-refractivity contribution in [1.29, 1.82) is 0 Å². The molecule has 0 radical (unpaired) electrons. The van der Waals surface area contributed by atoms with E-state index in [1.54, 1.807) is 17.7 Å². The predicted octanol–water partition coefficient (Wildman–Crippen LogP) is 2.25. The number of rotatable bonds is 6. The molecule has 0 saturated heterocycles. The highest BCUT2D eigenvalue weighted by Gasteiger charge is 2.19. The van der Waals surface area contributed by atoms with Crippen molar-refractivity contribution in [3.8, 4) is 23.8 Å². The molecule has 0 spiro atoms. The van der Waals surface area contributed by atoms with Gasteiger partial charge in [-0.15, -0.1) is 6.42 Å². The summed E-state index contributed by atoms with van der Waals surface area (Å²) in [7, 11) is -0.792. The second kappa shape index (κ2) is 8.51. The molecule has 0 unspecified atom stereocenters. The fraction of sp³-hybridized carbons (Fsp3) is 0.200. The maximum atomic E-state index is 12.5. The van der Waals surface area contributed by atoms with E-state index >= 15 is 0 Å². The summed E-state index contributed by atoms with van der Waals surface area (Å²) < 4.78 is 37.8. The van der Waals surface area contributed by atoms with Crippen LogP contribution in [-0.4, -0.2) is 38.9 Å². The molecule has 0 aliphatic carbocycles. The van der Waals surface area contributed by atoms with Crippen LogP contribution in [0.25, 0.3) is 10.2 Å². The average Bonchev–Trinajstić information content (AvgIpc) is 3.03. The number of fused-ring (bicyclic) bond motifs is 1. The second-order valence-electron chi connectivity index (χ2n) is 5.95. The molecular formula is C20H18N2O5S2. The van der Waals surface area contributed by atoms with Gasteiger partial charge in [-0.05, 0) is 42.5 Å². The molecule has 2 aromatic carbocycles. The number of thiazole rings is 1. The monoisotopic (exact) mass is 430 g/mol. The number of hydrogen-bond acceptors (Lipinski definition) is 6. The summed E-state index contributed by atoms with van der Waals surface area (Å²) in [6.45, 7) is 0.198. The van der Waals surface area contributed by atoms with Gasteiger partial charge in [0, 0.05) is 0 Å². The number of amides is 1. The third-order valence-electron chi connectivity index (χ3n) is 4.09. The van der Waals surface area contributed by atoms with E-state index in [9.17, 15) is 13.2 Å².